The summed E-state index contributed by atoms with van der Waals surface area (Å²) < 4.78 is 0. The second-order valence-corrected chi connectivity index (χ2v) is 5.87. The first-order valence-corrected chi connectivity index (χ1v) is 7.75. The molecule has 0 bridgehead atoms. The van der Waals surface area contributed by atoms with E-state index in [4.69, 9.17) is 11.0 Å². The maximum Gasteiger partial charge on any atom is 0.0992 e. The highest BCUT2D eigenvalue weighted by Crippen LogP contribution is 2.33. The number of nitrogens with one attached hydrogen (secondary N) is 1. The maximum absolute atomic E-state index is 8.97. The number of likely N-dealkylation sites (tertiary alicyclic amines) is 1. The van der Waals surface area contributed by atoms with E-state index >= 15 is 0 Å². The van der Waals surface area contributed by atoms with Crippen LogP contribution in [0.25, 0.3) is 10.9 Å². The topological polar surface area (TPSA) is 68.8 Å². The lowest BCUT2D eigenvalue weighted by atomic mass is 9.89. The minimum absolute atomic E-state index is 0.626. The Bertz CT molecular complexity index is 644. The summed E-state index contributed by atoms with van der Waals surface area (Å²) in [6.07, 6.45) is 5.63. The zero-order valence-electron chi connectivity index (χ0n) is 12.3. The van der Waals surface area contributed by atoms with Gasteiger partial charge in [0.25, 0.3) is 0 Å². The van der Waals surface area contributed by atoms with Crippen LogP contribution in [0.1, 0.15) is 36.3 Å². The monoisotopic (exact) mass is 282 g/mol. The van der Waals surface area contributed by atoms with Crippen molar-refractivity contribution in [1.29, 1.82) is 5.26 Å². The lowest BCUT2D eigenvalue weighted by Crippen LogP contribution is -2.34. The molecular weight excluding hydrogens is 260 g/mol. The zero-order valence-corrected chi connectivity index (χ0v) is 12.3. The van der Waals surface area contributed by atoms with Gasteiger partial charge in [0.1, 0.15) is 0 Å². The molecule has 1 fully saturated rings. The van der Waals surface area contributed by atoms with E-state index in [1.807, 2.05) is 12.1 Å². The van der Waals surface area contributed by atoms with Crippen LogP contribution in [0.4, 0.5) is 0 Å². The number of benzene rings is 1. The molecule has 110 valence electrons. The van der Waals surface area contributed by atoms with Crippen molar-refractivity contribution in [3.63, 3.8) is 0 Å². The normalized spacial score (nSPS) is 17.1. The Balaban J connectivity index is 1.72. The van der Waals surface area contributed by atoms with Crippen molar-refractivity contribution in [2.75, 3.05) is 26.2 Å². The molecule has 0 radical (unpaired) electrons. The summed E-state index contributed by atoms with van der Waals surface area (Å²) in [5.41, 5.74) is 8.79. The van der Waals surface area contributed by atoms with Crippen molar-refractivity contribution >= 4 is 10.9 Å². The molecular formula is C17H22N4. The molecule has 3 N–H and O–H groups in total. The van der Waals surface area contributed by atoms with Crippen LogP contribution in [0.15, 0.2) is 24.4 Å². The fourth-order valence-electron chi connectivity index (χ4n) is 3.34. The van der Waals surface area contributed by atoms with Gasteiger partial charge >= 0.3 is 0 Å². The summed E-state index contributed by atoms with van der Waals surface area (Å²) in [4.78, 5) is 5.84. The van der Waals surface area contributed by atoms with Crippen LogP contribution in [-0.4, -0.2) is 36.1 Å². The molecule has 1 saturated heterocycles. The van der Waals surface area contributed by atoms with Gasteiger partial charge in [-0.2, -0.15) is 5.26 Å². The predicted octanol–water partition coefficient (Wildman–Crippen LogP) is 2.57. The molecule has 4 heteroatoms. The molecule has 21 heavy (non-hydrogen) atoms. The molecule has 0 unspecified atom stereocenters. The summed E-state index contributed by atoms with van der Waals surface area (Å²) in [5.74, 6) is 0.626. The van der Waals surface area contributed by atoms with Gasteiger partial charge in [0, 0.05) is 17.1 Å². The Morgan fingerprint density at radius 2 is 2.14 bits per heavy atom. The fraction of sp³-hybridized carbons (Fsp3) is 0.471. The van der Waals surface area contributed by atoms with E-state index in [0.29, 0.717) is 11.5 Å². The Kier molecular flexibility index (Phi) is 4.23. The SMILES string of the molecule is N#Cc1ccc2c(C3CCN(CCCN)CC3)c[nH]c2c1. The van der Waals surface area contributed by atoms with Gasteiger partial charge in [0.15, 0.2) is 0 Å². The van der Waals surface area contributed by atoms with E-state index in [-0.39, 0.29) is 0 Å². The van der Waals surface area contributed by atoms with Crippen molar-refractivity contribution in [3.05, 3.63) is 35.5 Å². The average molecular weight is 282 g/mol. The second kappa shape index (κ2) is 6.30. The van der Waals surface area contributed by atoms with Crippen LogP contribution in [0.5, 0.6) is 0 Å². The summed E-state index contributed by atoms with van der Waals surface area (Å²) in [7, 11) is 0. The Labute approximate surface area is 125 Å². The van der Waals surface area contributed by atoms with E-state index in [9.17, 15) is 0 Å². The molecule has 0 amide bonds. The summed E-state index contributed by atoms with van der Waals surface area (Å²) >= 11 is 0. The third-order valence-electron chi connectivity index (χ3n) is 4.55. The quantitative estimate of drug-likeness (QED) is 0.905. The maximum atomic E-state index is 8.97. The molecule has 1 aromatic heterocycles. The van der Waals surface area contributed by atoms with E-state index in [0.717, 1.165) is 38.1 Å². The van der Waals surface area contributed by atoms with Crippen molar-refractivity contribution in [1.82, 2.24) is 9.88 Å². The number of nitrogens with two attached hydrogens (primary N) is 1. The zero-order chi connectivity index (χ0) is 14.7. The molecule has 1 aliphatic heterocycles. The Morgan fingerprint density at radius 3 is 2.86 bits per heavy atom. The van der Waals surface area contributed by atoms with Crippen LogP contribution in [0.3, 0.4) is 0 Å². The van der Waals surface area contributed by atoms with Crippen LogP contribution < -0.4 is 5.73 Å². The Morgan fingerprint density at radius 1 is 1.33 bits per heavy atom. The van der Waals surface area contributed by atoms with Gasteiger partial charge in [-0.3, -0.25) is 0 Å². The van der Waals surface area contributed by atoms with Crippen molar-refractivity contribution in [3.8, 4) is 6.07 Å². The molecule has 0 atom stereocenters. The highest BCUT2D eigenvalue weighted by Gasteiger charge is 2.22. The van der Waals surface area contributed by atoms with Crippen molar-refractivity contribution < 1.29 is 0 Å². The average Bonchev–Trinajstić information content (AvgIpc) is 2.96. The molecule has 2 aromatic rings. The minimum Gasteiger partial charge on any atom is -0.361 e. The van der Waals surface area contributed by atoms with Crippen molar-refractivity contribution in [2.45, 2.75) is 25.2 Å². The van der Waals surface area contributed by atoms with Gasteiger partial charge < -0.3 is 15.6 Å². The van der Waals surface area contributed by atoms with Gasteiger partial charge in [0.05, 0.1) is 11.6 Å². The molecule has 0 saturated carbocycles. The van der Waals surface area contributed by atoms with Crippen LogP contribution in [-0.2, 0) is 0 Å². The number of nitrogens with zero attached hydrogens (tertiary/aromatic N) is 2. The van der Waals surface area contributed by atoms with Crippen LogP contribution >= 0.6 is 0 Å². The first-order chi connectivity index (χ1) is 10.3. The van der Waals surface area contributed by atoms with E-state index < -0.39 is 0 Å². The second-order valence-electron chi connectivity index (χ2n) is 5.87. The standard InChI is InChI=1S/C17H22N4/c18-6-1-7-21-8-4-14(5-9-21)16-12-20-17-10-13(11-19)2-3-15(16)17/h2-3,10,12,14,20H,1,4-9,18H2. The number of aromatic nitrogens is 1. The van der Waals surface area contributed by atoms with Crippen LogP contribution in [0.2, 0.25) is 0 Å². The molecule has 1 aromatic carbocycles. The largest absolute Gasteiger partial charge is 0.361 e. The van der Waals surface area contributed by atoms with Gasteiger partial charge in [-0.1, -0.05) is 6.07 Å². The molecule has 4 nitrogen and oxygen atoms in total. The molecule has 3 rings (SSSR count). The van der Waals surface area contributed by atoms with Gasteiger partial charge in [-0.05, 0) is 69.1 Å². The molecule has 0 spiro atoms. The van der Waals surface area contributed by atoms with Crippen LogP contribution in [0, 0.1) is 11.3 Å². The molecule has 2 heterocycles. The summed E-state index contributed by atoms with van der Waals surface area (Å²) in [6.45, 7) is 4.23. The number of nitriles is 1. The summed E-state index contributed by atoms with van der Waals surface area (Å²) in [5, 5.41) is 10.2. The van der Waals surface area contributed by atoms with Crippen molar-refractivity contribution in [2.24, 2.45) is 5.73 Å². The van der Waals surface area contributed by atoms with Gasteiger partial charge in [-0.15, -0.1) is 0 Å². The highest BCUT2D eigenvalue weighted by molar-refractivity contribution is 5.85. The van der Waals surface area contributed by atoms with E-state index in [1.54, 1.807) is 0 Å². The first-order valence-electron chi connectivity index (χ1n) is 7.75. The third kappa shape index (κ3) is 2.94. The predicted molar refractivity (Wildman–Crippen MR) is 85.1 cm³/mol. The third-order valence-corrected chi connectivity index (χ3v) is 4.55. The lowest BCUT2D eigenvalue weighted by Gasteiger charge is -2.31. The molecule has 1 aliphatic rings. The minimum atomic E-state index is 0.626. The number of H-pyrrole nitrogens is 1. The number of piperidine rings is 1. The Hall–Kier alpha value is -1.83. The summed E-state index contributed by atoms with van der Waals surface area (Å²) in [6, 6.07) is 8.13. The number of fused-ring (bicyclic) bond motifs is 1. The highest BCUT2D eigenvalue weighted by atomic mass is 15.1. The number of aromatic amines is 1. The number of rotatable bonds is 4. The fourth-order valence-corrected chi connectivity index (χ4v) is 3.34. The lowest BCUT2D eigenvalue weighted by molar-refractivity contribution is 0.212. The first kappa shape index (κ1) is 14.1. The number of hydrogen-bond acceptors (Lipinski definition) is 3. The van der Waals surface area contributed by atoms with E-state index in [1.165, 1.54) is 23.8 Å². The van der Waals surface area contributed by atoms with Gasteiger partial charge in [-0.25, -0.2) is 0 Å². The smallest absolute Gasteiger partial charge is 0.0992 e. The number of hydrogen-bond donors (Lipinski definition) is 2. The van der Waals surface area contributed by atoms with Gasteiger partial charge in [0.2, 0.25) is 0 Å². The molecule has 0 aliphatic carbocycles. The van der Waals surface area contributed by atoms with E-state index in [2.05, 4.69) is 28.2 Å².